The van der Waals surface area contributed by atoms with Gasteiger partial charge in [-0.1, -0.05) is 25.1 Å². The Kier molecular flexibility index (Phi) is 5.64. The molecule has 0 bridgehead atoms. The van der Waals surface area contributed by atoms with Crippen molar-refractivity contribution in [1.29, 1.82) is 0 Å². The number of nitrogens with zero attached hydrogens (tertiary/aromatic N) is 3. The van der Waals surface area contributed by atoms with Gasteiger partial charge in [0.1, 0.15) is 11.9 Å². The van der Waals surface area contributed by atoms with Gasteiger partial charge in [-0.05, 0) is 31.7 Å². The van der Waals surface area contributed by atoms with Crippen molar-refractivity contribution in [3.63, 3.8) is 0 Å². The molecule has 2 rings (SSSR count). The molecule has 2 unspecified atom stereocenters. The van der Waals surface area contributed by atoms with Gasteiger partial charge in [-0.25, -0.2) is 0 Å². The second-order valence-corrected chi connectivity index (χ2v) is 6.51. The number of hydrogen-bond donors (Lipinski definition) is 1. The zero-order valence-corrected chi connectivity index (χ0v) is 13.8. The van der Waals surface area contributed by atoms with E-state index in [2.05, 4.69) is 15.5 Å². The molecule has 1 heterocycles. The average molecular weight is 312 g/mol. The van der Waals surface area contributed by atoms with E-state index in [0.29, 0.717) is 5.92 Å². The molecule has 1 aliphatic carbocycles. The second kappa shape index (κ2) is 7.26. The molecule has 7 heteroatoms. The SMILES string of the molecule is CCNC1(C(=O)OC)CCCC1CCSc1nncn1C. The summed E-state index contributed by atoms with van der Waals surface area (Å²) < 4.78 is 6.97. The van der Waals surface area contributed by atoms with Crippen molar-refractivity contribution >= 4 is 17.7 Å². The first-order valence-corrected chi connectivity index (χ1v) is 8.43. The smallest absolute Gasteiger partial charge is 0.326 e. The van der Waals surface area contributed by atoms with Crippen LogP contribution in [0, 0.1) is 5.92 Å². The molecule has 0 radical (unpaired) electrons. The number of hydrogen-bond acceptors (Lipinski definition) is 6. The Labute approximate surface area is 130 Å². The highest BCUT2D eigenvalue weighted by molar-refractivity contribution is 7.99. The van der Waals surface area contributed by atoms with Gasteiger partial charge in [-0.3, -0.25) is 4.79 Å². The number of thioether (sulfide) groups is 1. The number of likely N-dealkylation sites (N-methyl/N-ethyl adjacent to an activating group) is 1. The Balaban J connectivity index is 1.97. The van der Waals surface area contributed by atoms with Crippen LogP contribution in [0.15, 0.2) is 11.5 Å². The third-order valence-corrected chi connectivity index (χ3v) is 5.30. The van der Waals surface area contributed by atoms with Gasteiger partial charge in [0.25, 0.3) is 0 Å². The van der Waals surface area contributed by atoms with Crippen LogP contribution in [0.25, 0.3) is 0 Å². The van der Waals surface area contributed by atoms with E-state index in [4.69, 9.17) is 4.74 Å². The number of methoxy groups -OCH3 is 1. The maximum atomic E-state index is 12.3. The second-order valence-electron chi connectivity index (χ2n) is 5.44. The van der Waals surface area contributed by atoms with Crippen molar-refractivity contribution in [3.05, 3.63) is 6.33 Å². The molecule has 21 heavy (non-hydrogen) atoms. The number of aryl methyl sites for hydroxylation is 1. The van der Waals surface area contributed by atoms with Crippen LogP contribution in [-0.2, 0) is 16.6 Å². The normalized spacial score (nSPS) is 25.2. The molecule has 2 atom stereocenters. The Morgan fingerprint density at radius 3 is 3.10 bits per heavy atom. The first-order chi connectivity index (χ1) is 10.1. The van der Waals surface area contributed by atoms with Gasteiger partial charge in [0.15, 0.2) is 5.16 Å². The monoisotopic (exact) mass is 312 g/mol. The van der Waals surface area contributed by atoms with Crippen LogP contribution < -0.4 is 5.32 Å². The molecule has 1 saturated carbocycles. The summed E-state index contributed by atoms with van der Waals surface area (Å²) in [6, 6.07) is 0. The lowest BCUT2D eigenvalue weighted by molar-refractivity contribution is -0.150. The summed E-state index contributed by atoms with van der Waals surface area (Å²) in [4.78, 5) is 12.3. The van der Waals surface area contributed by atoms with Crippen molar-refractivity contribution in [2.24, 2.45) is 13.0 Å². The van der Waals surface area contributed by atoms with Crippen LogP contribution in [-0.4, -0.2) is 45.7 Å². The molecule has 1 fully saturated rings. The number of carbonyl (C=O) groups excluding carboxylic acids is 1. The molecule has 118 valence electrons. The summed E-state index contributed by atoms with van der Waals surface area (Å²) in [5.41, 5.74) is -0.496. The topological polar surface area (TPSA) is 69.0 Å². The largest absolute Gasteiger partial charge is 0.468 e. The summed E-state index contributed by atoms with van der Waals surface area (Å²) in [7, 11) is 3.42. The average Bonchev–Trinajstić information content (AvgIpc) is 3.07. The van der Waals surface area contributed by atoms with Gasteiger partial charge in [-0.2, -0.15) is 0 Å². The molecule has 0 amide bonds. The highest BCUT2D eigenvalue weighted by Gasteiger charge is 2.48. The predicted molar refractivity (Wildman–Crippen MR) is 82.1 cm³/mol. The van der Waals surface area contributed by atoms with Crippen molar-refractivity contribution in [2.45, 2.75) is 43.3 Å². The molecule has 1 N–H and O–H groups in total. The summed E-state index contributed by atoms with van der Waals surface area (Å²) in [5.74, 6) is 1.14. The van der Waals surface area contributed by atoms with Gasteiger partial charge in [-0.15, -0.1) is 10.2 Å². The minimum atomic E-state index is -0.496. The van der Waals surface area contributed by atoms with E-state index in [1.165, 1.54) is 7.11 Å². The molecule has 0 spiro atoms. The minimum absolute atomic E-state index is 0.115. The summed E-state index contributed by atoms with van der Waals surface area (Å²) in [6.07, 6.45) is 5.69. The summed E-state index contributed by atoms with van der Waals surface area (Å²) in [5, 5.41) is 12.3. The van der Waals surface area contributed by atoms with Gasteiger partial charge in [0.2, 0.25) is 0 Å². The van der Waals surface area contributed by atoms with Crippen LogP contribution in [0.5, 0.6) is 0 Å². The van der Waals surface area contributed by atoms with Crippen LogP contribution in [0.2, 0.25) is 0 Å². The zero-order chi connectivity index (χ0) is 15.3. The fraction of sp³-hybridized carbons (Fsp3) is 0.786. The van der Waals surface area contributed by atoms with E-state index >= 15 is 0 Å². The van der Waals surface area contributed by atoms with Crippen LogP contribution in [0.1, 0.15) is 32.6 Å². The van der Waals surface area contributed by atoms with E-state index < -0.39 is 5.54 Å². The maximum Gasteiger partial charge on any atom is 0.326 e. The third-order valence-electron chi connectivity index (χ3n) is 4.23. The van der Waals surface area contributed by atoms with Crippen molar-refractivity contribution < 1.29 is 9.53 Å². The standard InChI is InChI=1S/C14H24N4O2S/c1-4-15-14(12(19)20-3)8-5-6-11(14)7-9-21-13-17-16-10-18(13)2/h10-11,15H,4-9H2,1-3H3. The molecule has 0 aromatic carbocycles. The van der Waals surface area contributed by atoms with Crippen molar-refractivity contribution in [3.8, 4) is 0 Å². The van der Waals surface area contributed by atoms with E-state index in [1.807, 2.05) is 18.5 Å². The molecule has 1 aliphatic rings. The Hall–Kier alpha value is -1.08. The predicted octanol–water partition coefficient (Wildman–Crippen LogP) is 1.62. The Morgan fingerprint density at radius 1 is 1.67 bits per heavy atom. The highest BCUT2D eigenvalue weighted by atomic mass is 32.2. The van der Waals surface area contributed by atoms with Crippen LogP contribution in [0.4, 0.5) is 0 Å². The van der Waals surface area contributed by atoms with Crippen molar-refractivity contribution in [2.75, 3.05) is 19.4 Å². The highest BCUT2D eigenvalue weighted by Crippen LogP contribution is 2.39. The van der Waals surface area contributed by atoms with Gasteiger partial charge in [0.05, 0.1) is 7.11 Å². The minimum Gasteiger partial charge on any atom is -0.468 e. The number of nitrogens with one attached hydrogen (secondary N) is 1. The van der Waals surface area contributed by atoms with E-state index in [1.54, 1.807) is 18.1 Å². The van der Waals surface area contributed by atoms with E-state index in [0.717, 1.165) is 43.1 Å². The van der Waals surface area contributed by atoms with Crippen molar-refractivity contribution in [1.82, 2.24) is 20.1 Å². The lowest BCUT2D eigenvalue weighted by atomic mass is 9.85. The molecule has 1 aromatic rings. The zero-order valence-electron chi connectivity index (χ0n) is 13.0. The lowest BCUT2D eigenvalue weighted by Gasteiger charge is -2.33. The third kappa shape index (κ3) is 3.40. The number of rotatable bonds is 7. The lowest BCUT2D eigenvalue weighted by Crippen LogP contribution is -2.55. The molecular formula is C14H24N4O2S. The molecule has 1 aromatic heterocycles. The Bertz CT molecular complexity index is 479. The summed E-state index contributed by atoms with van der Waals surface area (Å²) >= 11 is 1.69. The summed E-state index contributed by atoms with van der Waals surface area (Å²) in [6.45, 7) is 2.82. The first-order valence-electron chi connectivity index (χ1n) is 7.44. The van der Waals surface area contributed by atoms with E-state index in [9.17, 15) is 4.79 Å². The molecule has 6 nitrogen and oxygen atoms in total. The van der Waals surface area contributed by atoms with E-state index in [-0.39, 0.29) is 5.97 Å². The number of carbonyl (C=O) groups is 1. The van der Waals surface area contributed by atoms with Crippen LogP contribution >= 0.6 is 11.8 Å². The van der Waals surface area contributed by atoms with Gasteiger partial charge < -0.3 is 14.6 Å². The molecular weight excluding hydrogens is 288 g/mol. The number of ether oxygens (including phenoxy) is 1. The van der Waals surface area contributed by atoms with Crippen LogP contribution in [0.3, 0.4) is 0 Å². The fourth-order valence-corrected chi connectivity index (χ4v) is 4.18. The quantitative estimate of drug-likeness (QED) is 0.609. The number of aromatic nitrogens is 3. The molecule has 0 saturated heterocycles. The Morgan fingerprint density at radius 2 is 2.48 bits per heavy atom. The fourth-order valence-electron chi connectivity index (χ4n) is 3.24. The maximum absolute atomic E-state index is 12.3. The first kappa shape index (κ1) is 16.3. The van der Waals surface area contributed by atoms with Gasteiger partial charge in [0, 0.05) is 12.8 Å². The number of esters is 1. The molecule has 0 aliphatic heterocycles. The van der Waals surface area contributed by atoms with Gasteiger partial charge >= 0.3 is 5.97 Å².